The average Bonchev–Trinajstić information content (AvgIpc) is 3.03. The van der Waals surface area contributed by atoms with E-state index in [9.17, 15) is 0 Å². The van der Waals surface area contributed by atoms with Crippen LogP contribution < -0.4 is 6.15 Å². The van der Waals surface area contributed by atoms with Gasteiger partial charge in [0.25, 0.3) is 0 Å². The van der Waals surface area contributed by atoms with Gasteiger partial charge in [-0.05, 0) is 0 Å². The Balaban J connectivity index is 2.69. The molecule has 5 heteroatoms. The van der Waals surface area contributed by atoms with E-state index in [0.29, 0.717) is 0 Å². The van der Waals surface area contributed by atoms with Gasteiger partial charge in [-0.2, -0.15) is 0 Å². The van der Waals surface area contributed by atoms with Gasteiger partial charge in [-0.25, -0.2) is 0 Å². The van der Waals surface area contributed by atoms with Gasteiger partial charge < -0.3 is 0 Å². The summed E-state index contributed by atoms with van der Waals surface area (Å²) in [5.41, 5.74) is 5.58. The van der Waals surface area contributed by atoms with Gasteiger partial charge in [-0.15, -0.1) is 0 Å². The summed E-state index contributed by atoms with van der Waals surface area (Å²) in [7, 11) is 0. The summed E-state index contributed by atoms with van der Waals surface area (Å²) >= 11 is -7.39. The third kappa shape index (κ3) is 13.9. The molecule has 0 heterocycles. The van der Waals surface area contributed by atoms with Crippen molar-refractivity contribution in [1.82, 2.24) is 0 Å². The summed E-state index contributed by atoms with van der Waals surface area (Å²) in [4.78, 5) is 0. The molecule has 0 N–H and O–H groups in total. The quantitative estimate of drug-likeness (QED) is 0.0698. The van der Waals surface area contributed by atoms with Gasteiger partial charge in [0.1, 0.15) is 0 Å². The average molecular weight is 836 g/mol. The molecule has 0 saturated heterocycles. The first-order valence-corrected chi connectivity index (χ1v) is 31.8. The predicted octanol–water partition coefficient (Wildman–Crippen LogP) is 13.3. The van der Waals surface area contributed by atoms with Crippen molar-refractivity contribution in [1.29, 1.82) is 0 Å². The van der Waals surface area contributed by atoms with Crippen molar-refractivity contribution < 1.29 is 7.56 Å². The van der Waals surface area contributed by atoms with Crippen molar-refractivity contribution in [3.8, 4) is 11.5 Å². The van der Waals surface area contributed by atoms with Crippen molar-refractivity contribution >= 4 is 38.4 Å². The van der Waals surface area contributed by atoms with Crippen molar-refractivity contribution in [3.05, 3.63) is 58.7 Å². The van der Waals surface area contributed by atoms with Crippen molar-refractivity contribution in [2.75, 3.05) is 0 Å². The SMILES string of the molecule is CCCCCc1c(C)cccc1[O][Sn]([CH2]CCC)([CH2]CCC)[O][Sn]([CH2]CCC)([CH2]CCC)[O]c1cccc(C)c1CCCCC. The Bertz CT molecular complexity index is 970. The van der Waals surface area contributed by atoms with Gasteiger partial charge in [0.2, 0.25) is 0 Å². The number of aryl methyl sites for hydroxylation is 2. The van der Waals surface area contributed by atoms with Gasteiger partial charge in [0.05, 0.1) is 0 Å². The van der Waals surface area contributed by atoms with E-state index < -0.39 is 38.4 Å². The van der Waals surface area contributed by atoms with Crippen molar-refractivity contribution in [3.63, 3.8) is 0 Å². The molecule has 0 aliphatic rings. The fourth-order valence-corrected chi connectivity index (χ4v) is 48.4. The summed E-state index contributed by atoms with van der Waals surface area (Å²) in [5.74, 6) is 2.27. The van der Waals surface area contributed by atoms with Crippen LogP contribution in [0.3, 0.4) is 0 Å². The monoisotopic (exact) mass is 838 g/mol. The van der Waals surface area contributed by atoms with Crippen LogP contribution in [0.2, 0.25) is 17.7 Å². The molecule has 2 rings (SSSR count). The van der Waals surface area contributed by atoms with Crippen LogP contribution in [0.1, 0.15) is 154 Å². The molecule has 45 heavy (non-hydrogen) atoms. The molecule has 0 bridgehead atoms. The number of rotatable bonds is 26. The third-order valence-corrected chi connectivity index (χ3v) is 41.9. The van der Waals surface area contributed by atoms with Gasteiger partial charge in [-0.3, -0.25) is 0 Å². The summed E-state index contributed by atoms with van der Waals surface area (Å²) in [6.07, 6.45) is 19.1. The second-order valence-electron chi connectivity index (χ2n) is 13.6. The van der Waals surface area contributed by atoms with E-state index in [-0.39, 0.29) is 0 Å². The molecule has 2 aromatic rings. The topological polar surface area (TPSA) is 27.7 Å². The van der Waals surface area contributed by atoms with Crippen LogP contribution in [0.5, 0.6) is 11.5 Å². The summed E-state index contributed by atoms with van der Waals surface area (Å²) < 4.78 is 27.8. The Labute approximate surface area is 289 Å². The molecular weight excluding hydrogens is 766 g/mol. The first-order valence-electron chi connectivity index (χ1n) is 19.1. The molecule has 3 nitrogen and oxygen atoms in total. The van der Waals surface area contributed by atoms with Crippen LogP contribution in [0.4, 0.5) is 0 Å². The van der Waals surface area contributed by atoms with Gasteiger partial charge in [0, 0.05) is 0 Å². The molecule has 0 aliphatic carbocycles. The molecule has 0 fully saturated rings. The number of benzene rings is 2. The Morgan fingerprint density at radius 2 is 0.778 bits per heavy atom. The van der Waals surface area contributed by atoms with E-state index in [1.807, 2.05) is 0 Å². The van der Waals surface area contributed by atoms with E-state index >= 15 is 0 Å². The Morgan fingerprint density at radius 3 is 1.09 bits per heavy atom. The zero-order chi connectivity index (χ0) is 33.0. The molecule has 256 valence electrons. The van der Waals surface area contributed by atoms with E-state index in [1.54, 1.807) is 0 Å². The fraction of sp³-hybridized carbons (Fsp3) is 0.700. The second-order valence-corrected chi connectivity index (χ2v) is 35.3. The number of hydrogen-bond donors (Lipinski definition) is 0. The molecule has 0 radical (unpaired) electrons. The van der Waals surface area contributed by atoms with Crippen LogP contribution in [0.25, 0.3) is 0 Å². The standard InChI is InChI=1S/2C12H18O.4C4H9.O.2Sn/c2*1-3-4-5-8-11-10(2)7-6-9-12(11)13;4*1-3-4-2;;;/h2*6-7,9,13H,3-5,8H2,1-2H3;4*1,3-4H2,2H3;;;/q;;;;;;;2*+1/p-2. The Hall–Kier alpha value is -0.403. The van der Waals surface area contributed by atoms with Gasteiger partial charge in [0.15, 0.2) is 0 Å². The maximum atomic E-state index is 8.06. The summed E-state index contributed by atoms with van der Waals surface area (Å²) in [5, 5.41) is 0. The zero-order valence-corrected chi connectivity index (χ0v) is 36.5. The van der Waals surface area contributed by atoms with E-state index in [4.69, 9.17) is 7.56 Å². The molecular formula is C40H70O3Sn2. The summed E-state index contributed by atoms with van der Waals surface area (Å²) in [6, 6.07) is 13.5. The third-order valence-electron chi connectivity index (χ3n) is 9.40. The first-order chi connectivity index (χ1) is 21.8. The molecule has 0 aromatic heterocycles. The predicted molar refractivity (Wildman–Crippen MR) is 202 cm³/mol. The van der Waals surface area contributed by atoms with Crippen molar-refractivity contribution in [2.24, 2.45) is 0 Å². The Morgan fingerprint density at radius 1 is 0.444 bits per heavy atom. The molecule has 0 spiro atoms. The maximum absolute atomic E-state index is 8.06. The van der Waals surface area contributed by atoms with E-state index in [0.717, 1.165) is 42.1 Å². The molecule has 0 atom stereocenters. The fourth-order valence-electron chi connectivity index (χ4n) is 6.51. The Kier molecular flexibility index (Phi) is 20.9. The van der Waals surface area contributed by atoms with E-state index in [1.165, 1.54) is 112 Å². The second kappa shape index (κ2) is 23.0. The van der Waals surface area contributed by atoms with Crippen LogP contribution in [0, 0.1) is 13.8 Å². The summed E-state index contributed by atoms with van der Waals surface area (Å²) in [6.45, 7) is 18.5. The molecule has 0 aliphatic heterocycles. The van der Waals surface area contributed by atoms with E-state index in [2.05, 4.69) is 91.8 Å². The van der Waals surface area contributed by atoms with Crippen LogP contribution in [-0.2, 0) is 14.3 Å². The van der Waals surface area contributed by atoms with Gasteiger partial charge in [-0.1, -0.05) is 0 Å². The number of unbranched alkanes of at least 4 members (excludes halogenated alkanes) is 8. The van der Waals surface area contributed by atoms with Crippen LogP contribution in [-0.4, -0.2) is 38.4 Å². The minimum absolute atomic E-state index is 1.10. The molecule has 0 unspecified atom stereocenters. The van der Waals surface area contributed by atoms with Crippen molar-refractivity contribution in [2.45, 2.75) is 176 Å². The first kappa shape index (κ1) is 40.8. The zero-order valence-electron chi connectivity index (χ0n) is 30.8. The van der Waals surface area contributed by atoms with Crippen LogP contribution >= 0.6 is 0 Å². The van der Waals surface area contributed by atoms with Gasteiger partial charge >= 0.3 is 292 Å². The number of hydrogen-bond acceptors (Lipinski definition) is 3. The molecule has 0 saturated carbocycles. The molecule has 2 aromatic carbocycles. The van der Waals surface area contributed by atoms with Crippen LogP contribution in [0.15, 0.2) is 36.4 Å². The molecule has 0 amide bonds. The normalized spacial score (nSPS) is 12.1. The minimum atomic E-state index is -3.69.